The zero-order valence-electron chi connectivity index (χ0n) is 10.7. The summed E-state index contributed by atoms with van der Waals surface area (Å²) in [4.78, 5) is 6.72. The number of alkyl halides is 3. The molecule has 112 valence electrons. The summed E-state index contributed by atoms with van der Waals surface area (Å²) in [5.74, 6) is 4.34. The molecule has 1 fully saturated rings. The van der Waals surface area contributed by atoms with Crippen LogP contribution in [-0.4, -0.2) is 29.7 Å². The highest BCUT2D eigenvalue weighted by Crippen LogP contribution is 2.28. The Labute approximate surface area is 113 Å². The quantitative estimate of drug-likeness (QED) is 0.564. The van der Waals surface area contributed by atoms with Gasteiger partial charge in [-0.3, -0.25) is 0 Å². The number of anilines is 2. The smallest absolute Gasteiger partial charge is 0.381 e. The Kier molecular flexibility index (Phi) is 4.61. The Morgan fingerprint density at radius 3 is 2.70 bits per heavy atom. The number of rotatable bonds is 5. The second-order valence-corrected chi connectivity index (χ2v) is 4.55. The van der Waals surface area contributed by atoms with Crippen LogP contribution in [0.1, 0.15) is 18.7 Å². The third kappa shape index (κ3) is 3.94. The Hall–Kier alpha value is -1.61. The minimum absolute atomic E-state index is 0.0842. The van der Waals surface area contributed by atoms with Gasteiger partial charge in [0.1, 0.15) is 11.6 Å². The molecule has 20 heavy (non-hydrogen) atoms. The number of nitrogen functional groups attached to an aromatic ring is 1. The van der Waals surface area contributed by atoms with Crippen LogP contribution < -0.4 is 16.6 Å². The van der Waals surface area contributed by atoms with E-state index in [1.54, 1.807) is 0 Å². The number of hydrogen-bond acceptors (Lipinski definition) is 6. The number of nitrogens with one attached hydrogen (secondary N) is 2. The van der Waals surface area contributed by atoms with Gasteiger partial charge in [0, 0.05) is 25.8 Å². The standard InChI is InChI=1S/C11H16F3N5O/c12-11(13,14)10-17-8(5-9(18-10)19-15)16-3-1-7-2-4-20-6-7/h5,7H,1-4,6,15H2,(H2,16,17,18,19). The highest BCUT2D eigenvalue weighted by atomic mass is 19.4. The van der Waals surface area contributed by atoms with Crippen LogP contribution in [0.25, 0.3) is 0 Å². The predicted molar refractivity (Wildman–Crippen MR) is 66.9 cm³/mol. The summed E-state index contributed by atoms with van der Waals surface area (Å²) in [6, 6.07) is 1.33. The Morgan fingerprint density at radius 2 is 2.10 bits per heavy atom. The van der Waals surface area contributed by atoms with Gasteiger partial charge in [0.15, 0.2) is 0 Å². The second-order valence-electron chi connectivity index (χ2n) is 4.55. The van der Waals surface area contributed by atoms with Crippen molar-refractivity contribution in [3.63, 3.8) is 0 Å². The normalized spacial score (nSPS) is 19.1. The number of nitrogens with zero attached hydrogens (tertiary/aromatic N) is 2. The molecule has 0 radical (unpaired) electrons. The van der Waals surface area contributed by atoms with Crippen LogP contribution in [0.2, 0.25) is 0 Å². The van der Waals surface area contributed by atoms with Gasteiger partial charge in [-0.05, 0) is 18.8 Å². The molecule has 0 aliphatic carbocycles. The first-order chi connectivity index (χ1) is 9.49. The first-order valence-corrected chi connectivity index (χ1v) is 6.23. The van der Waals surface area contributed by atoms with Crippen molar-refractivity contribution in [1.29, 1.82) is 0 Å². The van der Waals surface area contributed by atoms with Crippen molar-refractivity contribution in [2.75, 3.05) is 30.5 Å². The van der Waals surface area contributed by atoms with Crippen LogP contribution in [0, 0.1) is 5.92 Å². The molecule has 1 atom stereocenters. The highest BCUT2D eigenvalue weighted by Gasteiger charge is 2.35. The van der Waals surface area contributed by atoms with E-state index in [0.29, 0.717) is 19.1 Å². The molecular weight excluding hydrogens is 275 g/mol. The molecule has 1 unspecified atom stereocenters. The minimum atomic E-state index is -4.61. The second kappa shape index (κ2) is 6.23. The number of aromatic nitrogens is 2. The molecule has 1 saturated heterocycles. The van der Waals surface area contributed by atoms with Crippen LogP contribution in [0.15, 0.2) is 6.07 Å². The Bertz CT molecular complexity index is 448. The van der Waals surface area contributed by atoms with E-state index in [1.807, 2.05) is 0 Å². The van der Waals surface area contributed by atoms with Gasteiger partial charge in [-0.25, -0.2) is 15.8 Å². The van der Waals surface area contributed by atoms with E-state index >= 15 is 0 Å². The van der Waals surface area contributed by atoms with Crippen LogP contribution in [0.5, 0.6) is 0 Å². The third-order valence-corrected chi connectivity index (χ3v) is 3.01. The molecule has 0 saturated carbocycles. The lowest BCUT2D eigenvalue weighted by molar-refractivity contribution is -0.144. The van der Waals surface area contributed by atoms with Crippen molar-refractivity contribution in [3.8, 4) is 0 Å². The maximum Gasteiger partial charge on any atom is 0.451 e. The molecule has 1 aliphatic heterocycles. The van der Waals surface area contributed by atoms with E-state index in [1.165, 1.54) is 6.07 Å². The van der Waals surface area contributed by atoms with Gasteiger partial charge in [-0.2, -0.15) is 13.2 Å². The zero-order valence-corrected chi connectivity index (χ0v) is 10.7. The molecule has 0 amide bonds. The van der Waals surface area contributed by atoms with Crippen molar-refractivity contribution in [1.82, 2.24) is 9.97 Å². The van der Waals surface area contributed by atoms with E-state index in [-0.39, 0.29) is 11.6 Å². The van der Waals surface area contributed by atoms with Crippen molar-refractivity contribution in [2.24, 2.45) is 11.8 Å². The monoisotopic (exact) mass is 291 g/mol. The van der Waals surface area contributed by atoms with Crippen molar-refractivity contribution in [3.05, 3.63) is 11.9 Å². The van der Waals surface area contributed by atoms with Gasteiger partial charge in [0.2, 0.25) is 5.82 Å². The van der Waals surface area contributed by atoms with Gasteiger partial charge in [-0.15, -0.1) is 0 Å². The topological polar surface area (TPSA) is 85.1 Å². The van der Waals surface area contributed by atoms with E-state index in [4.69, 9.17) is 10.6 Å². The summed E-state index contributed by atoms with van der Waals surface area (Å²) >= 11 is 0. The fraction of sp³-hybridized carbons (Fsp3) is 0.636. The number of halogens is 3. The average molecular weight is 291 g/mol. The molecule has 2 heterocycles. The largest absolute Gasteiger partial charge is 0.451 e. The fourth-order valence-corrected chi connectivity index (χ4v) is 1.95. The summed E-state index contributed by atoms with van der Waals surface area (Å²) < 4.78 is 43.1. The first kappa shape index (κ1) is 14.8. The molecule has 2 rings (SSSR count). The molecule has 1 aliphatic rings. The molecule has 4 N–H and O–H groups in total. The number of hydrogen-bond donors (Lipinski definition) is 3. The molecule has 9 heteroatoms. The number of ether oxygens (including phenoxy) is 1. The summed E-state index contributed by atoms with van der Waals surface area (Å²) in [6.07, 6.45) is -2.81. The first-order valence-electron chi connectivity index (χ1n) is 6.23. The van der Waals surface area contributed by atoms with Crippen LogP contribution in [0.4, 0.5) is 24.8 Å². The molecule has 1 aromatic rings. The highest BCUT2D eigenvalue weighted by molar-refractivity contribution is 5.47. The van der Waals surface area contributed by atoms with Crippen LogP contribution >= 0.6 is 0 Å². The average Bonchev–Trinajstić information content (AvgIpc) is 2.90. The molecule has 0 spiro atoms. The molecule has 0 aromatic carbocycles. The van der Waals surface area contributed by atoms with Gasteiger partial charge in [-0.1, -0.05) is 0 Å². The Morgan fingerprint density at radius 1 is 1.35 bits per heavy atom. The molecule has 0 bridgehead atoms. The number of hydrazine groups is 1. The van der Waals surface area contributed by atoms with Crippen molar-refractivity contribution < 1.29 is 17.9 Å². The summed E-state index contributed by atoms with van der Waals surface area (Å²) in [6.45, 7) is 1.97. The predicted octanol–water partition coefficient (Wildman–Crippen LogP) is 1.62. The SMILES string of the molecule is NNc1cc(NCCC2CCOC2)nc(C(F)(F)F)n1. The lowest BCUT2D eigenvalue weighted by Crippen LogP contribution is -2.18. The van der Waals surface area contributed by atoms with Crippen LogP contribution in [-0.2, 0) is 10.9 Å². The zero-order chi connectivity index (χ0) is 14.6. The maximum absolute atomic E-state index is 12.6. The van der Waals surface area contributed by atoms with Gasteiger partial charge in [0.25, 0.3) is 0 Å². The molecular formula is C11H16F3N5O. The lowest BCUT2D eigenvalue weighted by atomic mass is 10.1. The summed E-state index contributed by atoms with van der Waals surface area (Å²) in [5, 5.41) is 2.86. The van der Waals surface area contributed by atoms with Gasteiger partial charge >= 0.3 is 6.18 Å². The summed E-state index contributed by atoms with van der Waals surface area (Å²) in [7, 11) is 0. The molecule has 1 aromatic heterocycles. The summed E-state index contributed by atoms with van der Waals surface area (Å²) in [5.41, 5.74) is 2.10. The van der Waals surface area contributed by atoms with Crippen molar-refractivity contribution >= 4 is 11.6 Å². The third-order valence-electron chi connectivity index (χ3n) is 3.01. The minimum Gasteiger partial charge on any atom is -0.381 e. The van der Waals surface area contributed by atoms with E-state index in [9.17, 15) is 13.2 Å². The number of nitrogens with two attached hydrogens (primary N) is 1. The van der Waals surface area contributed by atoms with Gasteiger partial charge < -0.3 is 15.5 Å². The van der Waals surface area contributed by atoms with E-state index in [0.717, 1.165) is 19.4 Å². The van der Waals surface area contributed by atoms with E-state index < -0.39 is 12.0 Å². The van der Waals surface area contributed by atoms with E-state index in [2.05, 4.69) is 20.7 Å². The molecule has 6 nitrogen and oxygen atoms in total. The van der Waals surface area contributed by atoms with Gasteiger partial charge in [0.05, 0.1) is 0 Å². The maximum atomic E-state index is 12.6. The lowest BCUT2D eigenvalue weighted by Gasteiger charge is -2.12. The van der Waals surface area contributed by atoms with Crippen LogP contribution in [0.3, 0.4) is 0 Å². The Balaban J connectivity index is 1.98. The van der Waals surface area contributed by atoms with Crippen molar-refractivity contribution in [2.45, 2.75) is 19.0 Å². The fourth-order valence-electron chi connectivity index (χ4n) is 1.95.